The minimum atomic E-state index is 0.515. The van der Waals surface area contributed by atoms with Crippen LogP contribution in [0, 0.1) is 3.57 Å². The van der Waals surface area contributed by atoms with Crippen LogP contribution in [0.2, 0.25) is 0 Å². The Hall–Kier alpha value is -1.10. The molecule has 0 unspecified atom stereocenters. The van der Waals surface area contributed by atoms with E-state index in [1.165, 1.54) is 0 Å². The Morgan fingerprint density at radius 2 is 1.87 bits per heavy atom. The Labute approximate surface area is 102 Å². The summed E-state index contributed by atoms with van der Waals surface area (Å²) in [6.45, 7) is 0.515. The van der Waals surface area contributed by atoms with E-state index < -0.39 is 0 Å². The average molecular weight is 311 g/mol. The zero-order chi connectivity index (χ0) is 10.5. The summed E-state index contributed by atoms with van der Waals surface area (Å²) in [6, 6.07) is 13.8. The van der Waals surface area contributed by atoms with E-state index in [-0.39, 0.29) is 0 Å². The molecule has 0 aliphatic heterocycles. The summed E-state index contributed by atoms with van der Waals surface area (Å²) in [5.41, 5.74) is 0.942. The molecule has 0 aliphatic carbocycles. The first kappa shape index (κ1) is 10.4. The molecule has 0 fully saturated rings. The van der Waals surface area contributed by atoms with Gasteiger partial charge in [0.05, 0.1) is 9.26 Å². The maximum absolute atomic E-state index is 5.65. The highest BCUT2D eigenvalue weighted by Crippen LogP contribution is 2.20. The second-order valence-electron chi connectivity index (χ2n) is 3.04. The van der Waals surface area contributed by atoms with Crippen LogP contribution < -0.4 is 4.74 Å². The predicted octanol–water partition coefficient (Wildman–Crippen LogP) is 3.27. The highest BCUT2D eigenvalue weighted by Gasteiger charge is 1.99. The molecule has 0 amide bonds. The molecular formula is C12H10INO. The summed E-state index contributed by atoms with van der Waals surface area (Å²) in [7, 11) is 0. The number of benzene rings is 1. The monoisotopic (exact) mass is 311 g/mol. The molecule has 1 aromatic carbocycles. The van der Waals surface area contributed by atoms with E-state index in [9.17, 15) is 0 Å². The molecule has 0 aliphatic rings. The fourth-order valence-electron chi connectivity index (χ4n) is 1.20. The fourth-order valence-corrected chi connectivity index (χ4v) is 1.74. The molecule has 0 N–H and O–H groups in total. The van der Waals surface area contributed by atoms with Crippen molar-refractivity contribution in [2.45, 2.75) is 6.61 Å². The fraction of sp³-hybridized carbons (Fsp3) is 0.0833. The number of halogens is 1. The minimum Gasteiger partial charge on any atom is -0.486 e. The number of pyridine rings is 1. The van der Waals surface area contributed by atoms with Gasteiger partial charge >= 0.3 is 0 Å². The molecule has 3 heteroatoms. The first-order valence-electron chi connectivity index (χ1n) is 4.63. The summed E-state index contributed by atoms with van der Waals surface area (Å²) in [6.07, 6.45) is 1.77. The van der Waals surface area contributed by atoms with Crippen molar-refractivity contribution in [1.82, 2.24) is 4.98 Å². The van der Waals surface area contributed by atoms with Crippen LogP contribution in [0.1, 0.15) is 5.69 Å². The van der Waals surface area contributed by atoms with E-state index in [1.54, 1.807) is 6.20 Å². The van der Waals surface area contributed by atoms with E-state index in [4.69, 9.17) is 4.74 Å². The maximum Gasteiger partial charge on any atom is 0.133 e. The zero-order valence-electron chi connectivity index (χ0n) is 8.06. The van der Waals surface area contributed by atoms with E-state index in [2.05, 4.69) is 27.6 Å². The standard InChI is InChI=1S/C12H10INO/c13-11-6-1-2-7-12(11)15-9-10-5-3-4-8-14-10/h1-8H,9H2. The molecule has 0 saturated heterocycles. The molecular weight excluding hydrogens is 301 g/mol. The molecule has 76 valence electrons. The molecule has 0 spiro atoms. The smallest absolute Gasteiger partial charge is 0.133 e. The average Bonchev–Trinajstić information content (AvgIpc) is 2.29. The number of nitrogens with zero attached hydrogens (tertiary/aromatic N) is 1. The third kappa shape index (κ3) is 2.92. The van der Waals surface area contributed by atoms with Crippen LogP contribution >= 0.6 is 22.6 Å². The predicted molar refractivity (Wildman–Crippen MR) is 67.7 cm³/mol. The van der Waals surface area contributed by atoms with Gasteiger partial charge in [-0.15, -0.1) is 0 Å². The lowest BCUT2D eigenvalue weighted by molar-refractivity contribution is 0.299. The van der Waals surface area contributed by atoms with Gasteiger partial charge < -0.3 is 4.74 Å². The van der Waals surface area contributed by atoms with Gasteiger partial charge in [-0.05, 0) is 46.9 Å². The highest BCUT2D eigenvalue weighted by molar-refractivity contribution is 14.1. The number of aromatic nitrogens is 1. The molecule has 2 aromatic rings. The Morgan fingerprint density at radius 3 is 2.60 bits per heavy atom. The molecule has 0 bridgehead atoms. The number of rotatable bonds is 3. The van der Waals surface area contributed by atoms with Gasteiger partial charge in [-0.3, -0.25) is 4.98 Å². The van der Waals surface area contributed by atoms with Crippen LogP contribution in [0.25, 0.3) is 0 Å². The lowest BCUT2D eigenvalue weighted by Gasteiger charge is -2.06. The third-order valence-electron chi connectivity index (χ3n) is 1.94. The van der Waals surface area contributed by atoms with Crippen LogP contribution in [0.5, 0.6) is 5.75 Å². The van der Waals surface area contributed by atoms with Crippen molar-refractivity contribution in [1.29, 1.82) is 0 Å². The Bertz CT molecular complexity index is 431. The van der Waals surface area contributed by atoms with Gasteiger partial charge in [-0.2, -0.15) is 0 Å². The van der Waals surface area contributed by atoms with E-state index in [1.807, 2.05) is 42.5 Å². The largest absolute Gasteiger partial charge is 0.486 e. The van der Waals surface area contributed by atoms with Gasteiger partial charge in [0.1, 0.15) is 12.4 Å². The number of hydrogen-bond donors (Lipinski definition) is 0. The van der Waals surface area contributed by atoms with Gasteiger partial charge in [-0.25, -0.2) is 0 Å². The van der Waals surface area contributed by atoms with E-state index >= 15 is 0 Å². The number of hydrogen-bond acceptors (Lipinski definition) is 2. The van der Waals surface area contributed by atoms with Crippen LogP contribution in [-0.2, 0) is 6.61 Å². The lowest BCUT2D eigenvalue weighted by atomic mass is 10.3. The van der Waals surface area contributed by atoms with Gasteiger partial charge in [0, 0.05) is 6.20 Å². The highest BCUT2D eigenvalue weighted by atomic mass is 127. The van der Waals surface area contributed by atoms with E-state index in [0.717, 1.165) is 15.0 Å². The van der Waals surface area contributed by atoms with Gasteiger partial charge in [-0.1, -0.05) is 18.2 Å². The van der Waals surface area contributed by atoms with Gasteiger partial charge in [0.15, 0.2) is 0 Å². The lowest BCUT2D eigenvalue weighted by Crippen LogP contribution is -1.98. The number of ether oxygens (including phenoxy) is 1. The summed E-state index contributed by atoms with van der Waals surface area (Å²) >= 11 is 2.26. The Balaban J connectivity index is 2.03. The summed E-state index contributed by atoms with van der Waals surface area (Å²) < 4.78 is 6.77. The number of para-hydroxylation sites is 1. The summed E-state index contributed by atoms with van der Waals surface area (Å²) in [4.78, 5) is 4.20. The summed E-state index contributed by atoms with van der Waals surface area (Å²) in [5.74, 6) is 0.906. The second-order valence-corrected chi connectivity index (χ2v) is 4.20. The van der Waals surface area contributed by atoms with Crippen LogP contribution in [0.3, 0.4) is 0 Å². The van der Waals surface area contributed by atoms with Crippen LogP contribution in [-0.4, -0.2) is 4.98 Å². The Morgan fingerprint density at radius 1 is 1.07 bits per heavy atom. The molecule has 1 heterocycles. The summed E-state index contributed by atoms with van der Waals surface area (Å²) in [5, 5.41) is 0. The molecule has 2 nitrogen and oxygen atoms in total. The molecule has 0 radical (unpaired) electrons. The van der Waals surface area contributed by atoms with Crippen molar-refractivity contribution in [3.63, 3.8) is 0 Å². The van der Waals surface area contributed by atoms with E-state index in [0.29, 0.717) is 6.61 Å². The Kier molecular flexibility index (Phi) is 3.55. The topological polar surface area (TPSA) is 22.1 Å². The second kappa shape index (κ2) is 5.11. The zero-order valence-corrected chi connectivity index (χ0v) is 10.2. The van der Waals surface area contributed by atoms with Crippen LogP contribution in [0.4, 0.5) is 0 Å². The third-order valence-corrected chi connectivity index (χ3v) is 2.83. The SMILES string of the molecule is Ic1ccccc1OCc1ccccn1. The normalized spacial score (nSPS) is 9.93. The first-order chi connectivity index (χ1) is 7.36. The quantitative estimate of drug-likeness (QED) is 0.812. The van der Waals surface area contributed by atoms with Crippen molar-refractivity contribution in [3.8, 4) is 5.75 Å². The molecule has 0 saturated carbocycles. The minimum absolute atomic E-state index is 0.515. The maximum atomic E-state index is 5.65. The van der Waals surface area contributed by atoms with Crippen molar-refractivity contribution in [2.24, 2.45) is 0 Å². The van der Waals surface area contributed by atoms with Crippen molar-refractivity contribution >= 4 is 22.6 Å². The van der Waals surface area contributed by atoms with Gasteiger partial charge in [0.25, 0.3) is 0 Å². The molecule has 1 aromatic heterocycles. The van der Waals surface area contributed by atoms with Crippen molar-refractivity contribution < 1.29 is 4.74 Å². The van der Waals surface area contributed by atoms with Crippen molar-refractivity contribution in [3.05, 3.63) is 57.9 Å². The molecule has 15 heavy (non-hydrogen) atoms. The molecule has 2 rings (SSSR count). The van der Waals surface area contributed by atoms with Crippen LogP contribution in [0.15, 0.2) is 48.7 Å². The van der Waals surface area contributed by atoms with Gasteiger partial charge in [0.2, 0.25) is 0 Å². The van der Waals surface area contributed by atoms with Crippen molar-refractivity contribution in [2.75, 3.05) is 0 Å². The molecule has 0 atom stereocenters. The first-order valence-corrected chi connectivity index (χ1v) is 5.71.